The molecule has 0 bridgehead atoms. The standard InChI is InChI=1S/C26H20BN2O6P/c1-13-15(23(26(33)35-36-28-27)29-22(13)20(14(2)30)25(29)32)10-6-12-34-19-11-5-9-18-21(19)16-7-3-4-8-17(16)24(18)31/h3-5,7-9,11,13-14,20,22,30H,12H2,1-2H3. The van der Waals surface area contributed by atoms with E-state index in [1.54, 1.807) is 31.2 Å². The lowest BCUT2D eigenvalue weighted by atomic mass is 9.78. The number of nitrogens with zero attached hydrogens (tertiary/aromatic N) is 2. The van der Waals surface area contributed by atoms with Gasteiger partial charge in [0.25, 0.3) is 7.98 Å². The van der Waals surface area contributed by atoms with Crippen molar-refractivity contribution >= 4 is 34.2 Å². The Morgan fingerprint density at radius 2 is 1.92 bits per heavy atom. The molecule has 1 N–H and O–H groups in total. The monoisotopic (exact) mass is 498 g/mol. The van der Waals surface area contributed by atoms with Crippen LogP contribution in [0.5, 0.6) is 5.75 Å². The minimum Gasteiger partial charge on any atom is -0.480 e. The van der Waals surface area contributed by atoms with Crippen LogP contribution in [-0.2, 0) is 14.1 Å². The number of hydrogen-bond acceptors (Lipinski definition) is 7. The van der Waals surface area contributed by atoms with Gasteiger partial charge in [-0.3, -0.25) is 9.59 Å². The molecule has 0 aromatic heterocycles. The number of aliphatic hydroxyl groups excluding tert-OH is 1. The van der Waals surface area contributed by atoms with E-state index in [0.717, 1.165) is 11.1 Å². The Morgan fingerprint density at radius 1 is 1.19 bits per heavy atom. The fraction of sp³-hybridized carbons (Fsp3) is 0.269. The third kappa shape index (κ3) is 3.65. The summed E-state index contributed by atoms with van der Waals surface area (Å²) in [6, 6.07) is 12.3. The summed E-state index contributed by atoms with van der Waals surface area (Å²) in [7, 11) is 4.97. The molecule has 2 aromatic carbocycles. The average Bonchev–Trinajstić information content (AvgIpc) is 3.29. The minimum atomic E-state index is -0.864. The summed E-state index contributed by atoms with van der Waals surface area (Å²) >= 11 is 0. The van der Waals surface area contributed by atoms with Crippen LogP contribution in [0.3, 0.4) is 0 Å². The summed E-state index contributed by atoms with van der Waals surface area (Å²) in [5.41, 5.74) is 3.23. The Labute approximate surface area is 210 Å². The molecular formula is C26H20BN2O6P. The van der Waals surface area contributed by atoms with Crippen LogP contribution in [0.25, 0.3) is 11.1 Å². The molecule has 4 unspecified atom stereocenters. The Balaban J connectivity index is 1.42. The van der Waals surface area contributed by atoms with E-state index in [1.807, 2.05) is 25.1 Å². The number of fused-ring (bicyclic) bond motifs is 4. The first-order valence-corrected chi connectivity index (χ1v) is 12.1. The maximum atomic E-state index is 12.7. The van der Waals surface area contributed by atoms with E-state index in [1.165, 1.54) is 4.90 Å². The first kappa shape index (κ1) is 24.0. The molecule has 5 rings (SSSR count). The molecule has 1 fully saturated rings. The summed E-state index contributed by atoms with van der Waals surface area (Å²) in [6.45, 7) is 3.39. The van der Waals surface area contributed by atoms with Gasteiger partial charge in [-0.15, -0.1) is 0 Å². The van der Waals surface area contributed by atoms with Crippen molar-refractivity contribution < 1.29 is 28.8 Å². The van der Waals surface area contributed by atoms with Crippen LogP contribution in [0.15, 0.2) is 58.4 Å². The van der Waals surface area contributed by atoms with E-state index in [-0.39, 0.29) is 38.5 Å². The lowest BCUT2D eigenvalue weighted by Crippen LogP contribution is -2.63. The highest BCUT2D eigenvalue weighted by molar-refractivity contribution is 7.22. The van der Waals surface area contributed by atoms with E-state index in [0.29, 0.717) is 22.4 Å². The first-order chi connectivity index (χ1) is 17.4. The van der Waals surface area contributed by atoms with Gasteiger partial charge in [0.1, 0.15) is 18.1 Å². The number of amides is 1. The number of hydrogen-bond donors (Lipinski definition) is 1. The lowest BCUT2D eigenvalue weighted by molar-refractivity contribution is -0.162. The maximum Gasteiger partial charge on any atom is 0.365 e. The number of rotatable bonds is 5. The van der Waals surface area contributed by atoms with Crippen molar-refractivity contribution in [2.75, 3.05) is 6.61 Å². The van der Waals surface area contributed by atoms with E-state index < -0.39 is 24.0 Å². The van der Waals surface area contributed by atoms with Crippen LogP contribution in [0.4, 0.5) is 0 Å². The molecule has 2 aromatic rings. The molecule has 2 radical (unpaired) electrons. The molecule has 10 heteroatoms. The van der Waals surface area contributed by atoms with Crippen LogP contribution >= 0.6 is 8.60 Å². The van der Waals surface area contributed by atoms with Gasteiger partial charge in [0, 0.05) is 28.2 Å². The number of ketones is 1. The molecule has 1 amide bonds. The number of carbonyl (C=O) groups excluding carboxylic acids is 3. The Morgan fingerprint density at radius 3 is 2.64 bits per heavy atom. The number of ether oxygens (including phenoxy) is 1. The van der Waals surface area contributed by atoms with Crippen LogP contribution < -0.4 is 4.74 Å². The molecule has 3 aliphatic rings. The molecule has 1 aliphatic carbocycles. The topological polar surface area (TPSA) is 106 Å². The normalized spacial score (nSPS) is 22.4. The van der Waals surface area contributed by atoms with E-state index in [2.05, 4.69) is 16.5 Å². The quantitative estimate of drug-likeness (QED) is 0.251. The third-order valence-corrected chi connectivity index (χ3v) is 7.11. The largest absolute Gasteiger partial charge is 0.480 e. The van der Waals surface area contributed by atoms with Crippen molar-refractivity contribution in [2.45, 2.75) is 26.0 Å². The zero-order valence-electron chi connectivity index (χ0n) is 19.5. The molecule has 0 spiro atoms. The number of β-lactam (4-membered cyclic amide) rings is 1. The zero-order chi connectivity index (χ0) is 25.6. The molecule has 2 aliphatic heterocycles. The van der Waals surface area contributed by atoms with Crippen LogP contribution in [-0.4, -0.2) is 54.4 Å². The number of carbonyl (C=O) groups is 3. The fourth-order valence-corrected chi connectivity index (χ4v) is 5.43. The first-order valence-electron chi connectivity index (χ1n) is 11.3. The van der Waals surface area contributed by atoms with Gasteiger partial charge in [-0.1, -0.05) is 55.2 Å². The summed E-state index contributed by atoms with van der Waals surface area (Å²) in [4.78, 5) is 39.5. The predicted molar refractivity (Wildman–Crippen MR) is 132 cm³/mol. The maximum absolute atomic E-state index is 12.7. The van der Waals surface area contributed by atoms with Crippen molar-refractivity contribution in [2.24, 2.45) is 16.5 Å². The molecule has 1 saturated heterocycles. The van der Waals surface area contributed by atoms with Crippen molar-refractivity contribution in [1.82, 2.24) is 4.90 Å². The second-order valence-electron chi connectivity index (χ2n) is 8.74. The third-order valence-electron chi connectivity index (χ3n) is 6.77. The Kier molecular flexibility index (Phi) is 6.25. The average molecular weight is 498 g/mol. The predicted octanol–water partition coefficient (Wildman–Crippen LogP) is 3.06. The van der Waals surface area contributed by atoms with Gasteiger partial charge >= 0.3 is 5.97 Å². The van der Waals surface area contributed by atoms with E-state index in [9.17, 15) is 19.5 Å². The van der Waals surface area contributed by atoms with Crippen molar-refractivity contribution in [1.29, 1.82) is 0 Å². The molecular weight excluding hydrogens is 478 g/mol. The van der Waals surface area contributed by atoms with E-state index >= 15 is 0 Å². The number of aliphatic hydroxyl groups is 1. The second-order valence-corrected chi connectivity index (χ2v) is 9.31. The molecule has 0 saturated carbocycles. The summed E-state index contributed by atoms with van der Waals surface area (Å²) in [5, 5.41) is 10.1. The van der Waals surface area contributed by atoms with Gasteiger partial charge in [-0.05, 0) is 18.6 Å². The van der Waals surface area contributed by atoms with Gasteiger partial charge < -0.3 is 23.9 Å². The lowest BCUT2D eigenvalue weighted by Gasteiger charge is -2.46. The van der Waals surface area contributed by atoms with Gasteiger partial charge in [-0.2, -0.15) is 0 Å². The Hall–Kier alpha value is -3.73. The summed E-state index contributed by atoms with van der Waals surface area (Å²) in [6.07, 6.45) is -0.864. The summed E-state index contributed by atoms with van der Waals surface area (Å²) in [5.74, 6) is 4.35. The minimum absolute atomic E-state index is 0.0137. The molecule has 8 nitrogen and oxygen atoms in total. The second kappa shape index (κ2) is 9.38. The van der Waals surface area contributed by atoms with Gasteiger partial charge in [0.05, 0.1) is 18.1 Å². The number of benzene rings is 2. The van der Waals surface area contributed by atoms with Crippen LogP contribution in [0, 0.1) is 23.7 Å². The highest BCUT2D eigenvalue weighted by Crippen LogP contribution is 2.47. The molecule has 2 heterocycles. The van der Waals surface area contributed by atoms with Crippen molar-refractivity contribution in [3.05, 3.63) is 64.9 Å². The molecule has 36 heavy (non-hydrogen) atoms. The SMILES string of the molecule is [B]N=POC(=O)C1=C(C#CCOc2cccc3c2-c2ccccc2C3=O)C(C)C2C(C(C)O)C(=O)N12. The van der Waals surface area contributed by atoms with Gasteiger partial charge in [-0.25, -0.2) is 4.79 Å². The van der Waals surface area contributed by atoms with Crippen LogP contribution in [0.2, 0.25) is 0 Å². The highest BCUT2D eigenvalue weighted by atomic mass is 31.1. The molecule has 178 valence electrons. The van der Waals surface area contributed by atoms with Gasteiger partial charge in [0.2, 0.25) is 14.5 Å². The summed E-state index contributed by atoms with van der Waals surface area (Å²) < 4.78 is 14.2. The molecule has 4 atom stereocenters. The van der Waals surface area contributed by atoms with Crippen molar-refractivity contribution in [3.8, 4) is 28.7 Å². The van der Waals surface area contributed by atoms with E-state index in [4.69, 9.17) is 17.2 Å². The smallest absolute Gasteiger partial charge is 0.365 e. The van der Waals surface area contributed by atoms with Gasteiger partial charge in [0.15, 0.2) is 5.78 Å². The van der Waals surface area contributed by atoms with Crippen LogP contribution in [0.1, 0.15) is 29.8 Å². The highest BCUT2D eigenvalue weighted by Gasteiger charge is 2.60. The fourth-order valence-electron chi connectivity index (χ4n) is 5.23. The van der Waals surface area contributed by atoms with Crippen molar-refractivity contribution in [3.63, 3.8) is 0 Å². The zero-order valence-corrected chi connectivity index (χ0v) is 20.4. The Bertz CT molecular complexity index is 1420.